The summed E-state index contributed by atoms with van der Waals surface area (Å²) in [4.78, 5) is 55.9. The molecule has 37 heavy (non-hydrogen) atoms. The molecule has 11 nitrogen and oxygen atoms in total. The number of hydrogen-bond donors (Lipinski definition) is 5. The number of rotatable bonds is 9. The Balaban J connectivity index is 1.68. The molecule has 0 radical (unpaired) electrons. The molecule has 3 amide bonds. The van der Waals surface area contributed by atoms with Crippen molar-refractivity contribution < 1.29 is 19.1 Å². The highest BCUT2D eigenvalue weighted by molar-refractivity contribution is 6.13. The number of para-hydroxylation sites is 1. The van der Waals surface area contributed by atoms with Crippen molar-refractivity contribution >= 4 is 50.8 Å². The highest BCUT2D eigenvalue weighted by Gasteiger charge is 2.21. The average Bonchev–Trinajstić information content (AvgIpc) is 2.86. The molecule has 1 unspecified atom stereocenters. The molecule has 2 aromatic heterocycles. The van der Waals surface area contributed by atoms with Gasteiger partial charge < -0.3 is 31.8 Å². The summed E-state index contributed by atoms with van der Waals surface area (Å²) < 4.78 is 5.67. The first-order chi connectivity index (χ1) is 17.6. The zero-order chi connectivity index (χ0) is 26.7. The van der Waals surface area contributed by atoms with E-state index in [2.05, 4.69) is 20.6 Å². The fourth-order valence-corrected chi connectivity index (χ4v) is 3.90. The lowest BCUT2D eigenvalue weighted by molar-refractivity contribution is -0.118. The number of carbonyl (C=O) groups is 3. The summed E-state index contributed by atoms with van der Waals surface area (Å²) >= 11 is 0. The van der Waals surface area contributed by atoms with Crippen LogP contribution >= 0.6 is 0 Å². The van der Waals surface area contributed by atoms with Crippen LogP contribution in [-0.2, 0) is 9.53 Å². The third-order valence-electron chi connectivity index (χ3n) is 5.66. The topological polar surface area (TPSA) is 182 Å². The van der Waals surface area contributed by atoms with Gasteiger partial charge in [0.2, 0.25) is 5.91 Å². The normalized spacial score (nSPS) is 12.0. The minimum Gasteiger partial charge on any atom is -0.376 e. The Hall–Kier alpha value is -4.77. The van der Waals surface area contributed by atoms with Crippen LogP contribution in [0, 0.1) is 0 Å². The van der Waals surface area contributed by atoms with Crippen molar-refractivity contribution in [3.63, 3.8) is 0 Å². The second-order valence-electron chi connectivity index (χ2n) is 8.67. The standard InChI is InChI=1S/C26H26N6O5/c1-13(2)37-12-21(30-15-8-9-29-20(11-15)24(28)34)26(36)31-14-6-7-17-19(10-14)16-4-3-5-18(23(27)33)22(16)32-25(17)35/h3-11,13,21H,12H2,1-2H3,(H2,27,33)(H2,28,34)(H,29,30)(H,31,36)(H,32,35). The van der Waals surface area contributed by atoms with E-state index >= 15 is 0 Å². The van der Waals surface area contributed by atoms with Gasteiger partial charge in [-0.3, -0.25) is 24.2 Å². The van der Waals surface area contributed by atoms with Gasteiger partial charge in [0.15, 0.2) is 0 Å². The quantitative estimate of drug-likeness (QED) is 0.217. The molecular formula is C26H26N6O5. The molecule has 1 atom stereocenters. The number of nitrogens with two attached hydrogens (primary N) is 2. The first-order valence-electron chi connectivity index (χ1n) is 11.5. The predicted octanol–water partition coefficient (Wildman–Crippen LogP) is 2.12. The van der Waals surface area contributed by atoms with Crippen LogP contribution in [-0.4, -0.2) is 46.4 Å². The minimum absolute atomic E-state index is 0.0376. The molecule has 0 saturated carbocycles. The molecule has 4 aromatic rings. The van der Waals surface area contributed by atoms with Crippen LogP contribution in [0.3, 0.4) is 0 Å². The first-order valence-corrected chi connectivity index (χ1v) is 11.5. The highest BCUT2D eigenvalue weighted by Crippen LogP contribution is 2.26. The molecule has 0 saturated heterocycles. The van der Waals surface area contributed by atoms with Gasteiger partial charge in [-0.2, -0.15) is 0 Å². The molecule has 7 N–H and O–H groups in total. The Morgan fingerprint density at radius 2 is 1.76 bits per heavy atom. The molecule has 0 bridgehead atoms. The van der Waals surface area contributed by atoms with Crippen molar-refractivity contribution in [3.8, 4) is 0 Å². The van der Waals surface area contributed by atoms with Crippen LogP contribution in [0.5, 0.6) is 0 Å². The van der Waals surface area contributed by atoms with Crippen molar-refractivity contribution in [2.75, 3.05) is 17.2 Å². The molecule has 0 spiro atoms. The van der Waals surface area contributed by atoms with E-state index < -0.39 is 23.8 Å². The Labute approximate surface area is 211 Å². The number of hydrogen-bond acceptors (Lipinski definition) is 7. The lowest BCUT2D eigenvalue weighted by atomic mass is 10.0. The fourth-order valence-electron chi connectivity index (χ4n) is 3.90. The number of ether oxygens (including phenoxy) is 1. The van der Waals surface area contributed by atoms with Gasteiger partial charge in [-0.1, -0.05) is 12.1 Å². The number of aromatic nitrogens is 2. The molecule has 190 valence electrons. The monoisotopic (exact) mass is 502 g/mol. The number of aromatic amines is 1. The molecule has 11 heteroatoms. The van der Waals surface area contributed by atoms with Gasteiger partial charge in [0.25, 0.3) is 17.4 Å². The van der Waals surface area contributed by atoms with Gasteiger partial charge in [0, 0.05) is 28.3 Å². The summed E-state index contributed by atoms with van der Waals surface area (Å²) in [7, 11) is 0. The molecule has 0 aliphatic heterocycles. The smallest absolute Gasteiger partial charge is 0.267 e. The van der Waals surface area contributed by atoms with Gasteiger partial charge in [0.1, 0.15) is 11.7 Å². The molecule has 2 heterocycles. The Kier molecular flexibility index (Phi) is 7.16. The summed E-state index contributed by atoms with van der Waals surface area (Å²) in [6.07, 6.45) is 1.28. The van der Waals surface area contributed by atoms with Crippen LogP contribution in [0.4, 0.5) is 11.4 Å². The summed E-state index contributed by atoms with van der Waals surface area (Å²) in [5.41, 5.74) is 11.9. The molecule has 0 fully saturated rings. The zero-order valence-electron chi connectivity index (χ0n) is 20.2. The van der Waals surface area contributed by atoms with E-state index in [1.54, 1.807) is 36.4 Å². The highest BCUT2D eigenvalue weighted by atomic mass is 16.5. The van der Waals surface area contributed by atoms with E-state index in [4.69, 9.17) is 16.2 Å². The number of H-pyrrole nitrogens is 1. The van der Waals surface area contributed by atoms with Crippen molar-refractivity contribution in [3.05, 3.63) is 76.3 Å². The Morgan fingerprint density at radius 3 is 2.46 bits per heavy atom. The number of nitrogens with zero attached hydrogens (tertiary/aromatic N) is 1. The first kappa shape index (κ1) is 25.3. The van der Waals surface area contributed by atoms with Crippen molar-refractivity contribution in [2.24, 2.45) is 11.5 Å². The molecule has 0 aliphatic rings. The number of anilines is 2. The lowest BCUT2D eigenvalue weighted by Crippen LogP contribution is -2.39. The van der Waals surface area contributed by atoms with Crippen LogP contribution < -0.4 is 27.7 Å². The predicted molar refractivity (Wildman–Crippen MR) is 140 cm³/mol. The average molecular weight is 503 g/mol. The van der Waals surface area contributed by atoms with Gasteiger partial charge in [0.05, 0.1) is 23.8 Å². The Bertz CT molecular complexity index is 1580. The SMILES string of the molecule is CC(C)OCC(Nc1ccnc(C(N)=O)c1)C(=O)Nc1ccc2c(=O)[nH]c3c(C(N)=O)cccc3c2c1. The van der Waals surface area contributed by atoms with Crippen molar-refractivity contribution in [2.45, 2.75) is 26.0 Å². The second kappa shape index (κ2) is 10.5. The zero-order valence-corrected chi connectivity index (χ0v) is 20.2. The van der Waals surface area contributed by atoms with E-state index in [1.807, 2.05) is 13.8 Å². The number of benzene rings is 2. The van der Waals surface area contributed by atoms with E-state index in [1.165, 1.54) is 18.3 Å². The summed E-state index contributed by atoms with van der Waals surface area (Å²) in [6, 6.07) is 12.0. The number of amides is 3. The fraction of sp³-hybridized carbons (Fsp3) is 0.192. The molecule has 0 aliphatic carbocycles. The van der Waals surface area contributed by atoms with Crippen LogP contribution in [0.2, 0.25) is 0 Å². The number of carbonyl (C=O) groups excluding carboxylic acids is 3. The molecular weight excluding hydrogens is 476 g/mol. The third-order valence-corrected chi connectivity index (χ3v) is 5.66. The number of nitrogens with one attached hydrogen (secondary N) is 3. The van der Waals surface area contributed by atoms with Crippen LogP contribution in [0.25, 0.3) is 21.7 Å². The van der Waals surface area contributed by atoms with Crippen LogP contribution in [0.1, 0.15) is 34.7 Å². The molecule has 4 rings (SSSR count). The minimum atomic E-state index is -0.835. The maximum atomic E-state index is 13.3. The Morgan fingerprint density at radius 1 is 0.973 bits per heavy atom. The van der Waals surface area contributed by atoms with E-state index in [0.29, 0.717) is 33.1 Å². The van der Waals surface area contributed by atoms with Crippen LogP contribution in [0.15, 0.2) is 59.5 Å². The lowest BCUT2D eigenvalue weighted by Gasteiger charge is -2.21. The van der Waals surface area contributed by atoms with Gasteiger partial charge in [-0.05, 0) is 55.6 Å². The van der Waals surface area contributed by atoms with E-state index in [-0.39, 0.29) is 29.5 Å². The molecule has 2 aromatic carbocycles. The largest absolute Gasteiger partial charge is 0.376 e. The number of primary amides is 2. The number of fused-ring (bicyclic) bond motifs is 3. The second-order valence-corrected chi connectivity index (χ2v) is 8.67. The van der Waals surface area contributed by atoms with Gasteiger partial charge in [-0.25, -0.2) is 0 Å². The summed E-state index contributed by atoms with van der Waals surface area (Å²) in [6.45, 7) is 3.73. The summed E-state index contributed by atoms with van der Waals surface area (Å²) in [5, 5.41) is 7.44. The van der Waals surface area contributed by atoms with E-state index in [0.717, 1.165) is 0 Å². The maximum absolute atomic E-state index is 13.3. The van der Waals surface area contributed by atoms with Gasteiger partial charge in [-0.15, -0.1) is 0 Å². The number of pyridine rings is 2. The summed E-state index contributed by atoms with van der Waals surface area (Å²) in [5.74, 6) is -1.77. The van der Waals surface area contributed by atoms with E-state index in [9.17, 15) is 19.2 Å². The van der Waals surface area contributed by atoms with Crippen molar-refractivity contribution in [1.29, 1.82) is 0 Å². The third kappa shape index (κ3) is 5.57. The van der Waals surface area contributed by atoms with Crippen molar-refractivity contribution in [1.82, 2.24) is 9.97 Å². The maximum Gasteiger partial charge on any atom is 0.267 e. The van der Waals surface area contributed by atoms with Gasteiger partial charge >= 0.3 is 0 Å².